The number of rotatable bonds is 17. The third-order valence-corrected chi connectivity index (χ3v) is 20.7. The number of hydrogen-bond acceptors (Lipinski definition) is 15. The van der Waals surface area contributed by atoms with Crippen LogP contribution in [0.1, 0.15) is 167 Å². The molecule has 2 heterocycles. The second-order valence-corrected chi connectivity index (χ2v) is 27.2. The van der Waals surface area contributed by atoms with Crippen molar-refractivity contribution in [3.63, 3.8) is 0 Å². The Kier molecular flexibility index (Phi) is 21.7. The van der Waals surface area contributed by atoms with Crippen LogP contribution in [-0.2, 0) is 47.7 Å². The van der Waals surface area contributed by atoms with E-state index in [1.165, 1.54) is 11.3 Å². The number of amides is 2. The summed E-state index contributed by atoms with van der Waals surface area (Å²) in [4.78, 5) is 94.0. The molecule has 1 saturated heterocycles. The van der Waals surface area contributed by atoms with E-state index in [4.69, 9.17) is 28.8 Å². The second-order valence-electron chi connectivity index (χ2n) is 26.1. The van der Waals surface area contributed by atoms with E-state index in [9.17, 15) is 52.2 Å². The summed E-state index contributed by atoms with van der Waals surface area (Å²) in [6.45, 7) is 15.1. The number of alkyl halides is 3. The quantitative estimate of drug-likeness (QED) is 0.0655. The van der Waals surface area contributed by atoms with Crippen LogP contribution in [0.4, 0.5) is 18.9 Å². The maximum absolute atomic E-state index is 14.6. The van der Waals surface area contributed by atoms with Crippen LogP contribution < -0.4 is 10.2 Å². The van der Waals surface area contributed by atoms with Gasteiger partial charge in [-0.3, -0.25) is 24.0 Å². The zero-order chi connectivity index (χ0) is 60.8. The first-order chi connectivity index (χ1) is 39.0. The van der Waals surface area contributed by atoms with Gasteiger partial charge in [0.2, 0.25) is 18.6 Å². The van der Waals surface area contributed by atoms with Crippen molar-refractivity contribution in [3.8, 4) is 10.4 Å². The average molecular weight is 1190 g/mol. The molecule has 6 fully saturated rings. The number of carboxylic acid groups (broad SMARTS) is 1. The Morgan fingerprint density at radius 1 is 0.831 bits per heavy atom. The molecule has 5 aliphatic carbocycles. The van der Waals surface area contributed by atoms with Crippen molar-refractivity contribution in [2.24, 2.45) is 58.2 Å². The van der Waals surface area contributed by atoms with Gasteiger partial charge in [0.05, 0.1) is 30.7 Å². The first-order valence-corrected chi connectivity index (χ1v) is 30.7. The van der Waals surface area contributed by atoms with Crippen LogP contribution in [0.25, 0.3) is 10.4 Å². The molecule has 1 aliphatic heterocycles. The van der Waals surface area contributed by atoms with E-state index in [-0.39, 0.29) is 101 Å². The van der Waals surface area contributed by atoms with Gasteiger partial charge in [-0.1, -0.05) is 58.0 Å². The number of anilines is 1. The number of carbonyl (C=O) groups is 7. The number of halogens is 3. The summed E-state index contributed by atoms with van der Waals surface area (Å²) in [5.41, 5.74) is 0.259. The number of nitrogens with one attached hydrogen (secondary N) is 1. The largest absolute Gasteiger partial charge is 0.490 e. The summed E-state index contributed by atoms with van der Waals surface area (Å²) in [7, 11) is 2.08. The van der Waals surface area contributed by atoms with Gasteiger partial charge in [0.25, 0.3) is 0 Å². The molecule has 7 unspecified atom stereocenters. The molecular formula is C62H88F3N3O14S. The highest BCUT2D eigenvalue weighted by Crippen LogP contribution is 2.68. The fourth-order valence-corrected chi connectivity index (χ4v) is 16.1. The third kappa shape index (κ3) is 16.1. The molecule has 17 nitrogen and oxygen atoms in total. The maximum atomic E-state index is 14.6. The number of esters is 4. The monoisotopic (exact) mass is 1190 g/mol. The van der Waals surface area contributed by atoms with Crippen LogP contribution in [0.5, 0.6) is 0 Å². The van der Waals surface area contributed by atoms with E-state index in [0.29, 0.717) is 43.7 Å². The van der Waals surface area contributed by atoms with E-state index < -0.39 is 66.0 Å². The zero-order valence-electron chi connectivity index (χ0n) is 49.5. The van der Waals surface area contributed by atoms with Gasteiger partial charge >= 0.3 is 36.0 Å². The lowest BCUT2D eigenvalue weighted by atomic mass is 9.43. The third-order valence-electron chi connectivity index (χ3n) is 19.5. The smallest absolute Gasteiger partial charge is 0.475 e. The van der Waals surface area contributed by atoms with Crippen LogP contribution >= 0.6 is 11.3 Å². The number of aliphatic hydroxyl groups is 2. The molecule has 1 aromatic heterocycles. The molecule has 0 bridgehead atoms. The Balaban J connectivity index is 0.00000133. The fourth-order valence-electron chi connectivity index (χ4n) is 15.1. The highest BCUT2D eigenvalue weighted by Gasteiger charge is 2.66. The number of hydrogen-bond donors (Lipinski definition) is 4. The van der Waals surface area contributed by atoms with Gasteiger partial charge < -0.3 is 49.4 Å². The van der Waals surface area contributed by atoms with Crippen molar-refractivity contribution in [2.75, 3.05) is 38.4 Å². The van der Waals surface area contributed by atoms with Crippen LogP contribution in [0.15, 0.2) is 36.4 Å². The number of aliphatic carboxylic acids is 1. The minimum absolute atomic E-state index is 0.0331. The normalized spacial score (nSPS) is 30.4. The van der Waals surface area contributed by atoms with Gasteiger partial charge in [-0.2, -0.15) is 13.2 Å². The lowest BCUT2D eigenvalue weighted by Crippen LogP contribution is -2.62. The fraction of sp³-hybridized carbons (Fsp3) is 0.726. The number of thiophene rings is 1. The van der Waals surface area contributed by atoms with Gasteiger partial charge in [0.15, 0.2) is 0 Å². The molecule has 5 saturated carbocycles. The number of piperidine rings is 1. The average Bonchev–Trinajstić information content (AvgIpc) is 2.48. The molecular weight excluding hydrogens is 1100 g/mol. The molecule has 2 amide bonds. The van der Waals surface area contributed by atoms with E-state index in [1.807, 2.05) is 41.3 Å². The van der Waals surface area contributed by atoms with Crippen molar-refractivity contribution in [3.05, 3.63) is 41.3 Å². The minimum atomic E-state index is -5.08. The molecule has 83 heavy (non-hydrogen) atoms. The van der Waals surface area contributed by atoms with E-state index in [1.54, 1.807) is 20.8 Å². The van der Waals surface area contributed by atoms with Crippen molar-refractivity contribution < 1.29 is 81.0 Å². The molecule has 21 heteroatoms. The van der Waals surface area contributed by atoms with Gasteiger partial charge in [0.1, 0.15) is 23.1 Å². The Bertz CT molecular complexity index is 2600. The molecule has 0 spiro atoms. The van der Waals surface area contributed by atoms with Gasteiger partial charge in [-0.25, -0.2) is 9.59 Å². The number of carboxylic acids is 1. The number of ether oxygens (including phenoxy) is 4. The van der Waals surface area contributed by atoms with Crippen molar-refractivity contribution in [1.82, 2.24) is 10.2 Å². The lowest BCUT2D eigenvalue weighted by Gasteiger charge is -2.63. The summed E-state index contributed by atoms with van der Waals surface area (Å²) in [6, 6.07) is 11.6. The minimum Gasteiger partial charge on any atom is -0.475 e. The van der Waals surface area contributed by atoms with Crippen LogP contribution in [-0.4, -0.2) is 131 Å². The summed E-state index contributed by atoms with van der Waals surface area (Å²) >= 11 is 1.26. The highest BCUT2D eigenvalue weighted by atomic mass is 32.1. The standard InChI is InChI=1S/C60H87N3O12S.C2HF3O2/c1-36-14-17-39(18-15-36)56(70)63(41-25-28-62(8)29-26-41)46-33-48(38-12-10-9-11-13-38)76-55(46)57(71)73-35-72-51(67)22-23-52(68)74-42-24-27-59(6)40(30-42)31-47(64)54-44-20-19-43(60(44,7)49(65)32-45(54)59)37(2)16-21-50(66)61-34-53(69)75-58(3,4)5;3-2(4,5)1(6)7/h9-13,33,36-37,39-45,47,49,54,64-65H,14-32,34-35H2,1-8H3,(H,61,66);(H,6,7)/t36?,37?,39?,40?,42-,43?,44?,45?,47?,49-,54?,59-,60+;/m0./s1. The lowest BCUT2D eigenvalue weighted by molar-refractivity contribution is -0.209. The predicted octanol–water partition coefficient (Wildman–Crippen LogP) is 10.1. The number of benzene rings is 1. The maximum Gasteiger partial charge on any atom is 0.490 e. The number of likely N-dealkylation sites (tertiary alicyclic amines) is 1. The number of carbonyl (C=O) groups excluding carboxylic acids is 6. The molecule has 2 aromatic rings. The Morgan fingerprint density at radius 2 is 1.48 bits per heavy atom. The van der Waals surface area contributed by atoms with Crippen LogP contribution in [0, 0.1) is 58.2 Å². The van der Waals surface area contributed by atoms with Crippen LogP contribution in [0.2, 0.25) is 0 Å². The zero-order valence-corrected chi connectivity index (χ0v) is 50.3. The Hall–Kier alpha value is -5.12. The number of nitrogens with zero attached hydrogens (tertiary/aromatic N) is 2. The first-order valence-electron chi connectivity index (χ1n) is 29.9. The molecule has 1 aromatic carbocycles. The van der Waals surface area contributed by atoms with Crippen molar-refractivity contribution in [1.29, 1.82) is 0 Å². The predicted molar refractivity (Wildman–Crippen MR) is 303 cm³/mol. The Labute approximate surface area is 490 Å². The molecule has 6 aliphatic rings. The first kappa shape index (κ1) is 65.4. The summed E-state index contributed by atoms with van der Waals surface area (Å²) in [5, 5.41) is 34.0. The summed E-state index contributed by atoms with van der Waals surface area (Å²) in [6.07, 6.45) is 4.05. The second kappa shape index (κ2) is 27.5. The van der Waals surface area contributed by atoms with Crippen LogP contribution in [0.3, 0.4) is 0 Å². The van der Waals surface area contributed by atoms with Gasteiger partial charge in [0, 0.05) is 23.3 Å². The van der Waals surface area contributed by atoms with E-state index in [0.717, 1.165) is 81.3 Å². The summed E-state index contributed by atoms with van der Waals surface area (Å²) in [5.74, 6) is -4.15. The number of fused-ring (bicyclic) bond motifs is 5. The van der Waals surface area contributed by atoms with Gasteiger partial charge in [-0.15, -0.1) is 11.3 Å². The molecule has 462 valence electrons. The van der Waals surface area contributed by atoms with Crippen molar-refractivity contribution >= 4 is 58.7 Å². The molecule has 8 rings (SSSR count). The summed E-state index contributed by atoms with van der Waals surface area (Å²) < 4.78 is 54.0. The topological polar surface area (TPSA) is 236 Å². The highest BCUT2D eigenvalue weighted by molar-refractivity contribution is 7.18. The van der Waals surface area contributed by atoms with E-state index in [2.05, 4.69) is 45.0 Å². The molecule has 4 N–H and O–H groups in total. The Morgan fingerprint density at radius 3 is 2.12 bits per heavy atom. The van der Waals surface area contributed by atoms with Gasteiger partial charge in [-0.05, 0) is 195 Å². The molecule has 11 atom stereocenters. The number of aliphatic hydroxyl groups excluding tert-OH is 2. The SMILES string of the molecule is CC1CCC(C(=O)N(c2cc(-c3ccccc3)sc2C(=O)OCOC(=O)CCC(=O)O[C@H]2CC[C@@]3(C)C(CC(O)C4C3C[C@H](O)[C@]3(C)C(C(C)CCC(=O)NCC(=O)OC(C)(C)C)CCC43)C2)C2CCN(C)CC2)CC1.O=C(O)C(F)(F)F. The van der Waals surface area contributed by atoms with E-state index >= 15 is 0 Å². The van der Waals surface area contributed by atoms with Crippen molar-refractivity contribution in [2.45, 2.75) is 194 Å². The molecule has 0 radical (unpaired) electrons.